The van der Waals surface area contributed by atoms with Crippen molar-refractivity contribution in [2.45, 2.75) is 109 Å². The van der Waals surface area contributed by atoms with Gasteiger partial charge in [-0.15, -0.1) is 0 Å². The maximum Gasteiger partial charge on any atom is 0.306 e. The first-order chi connectivity index (χ1) is 10.4. The molecule has 0 spiro atoms. The van der Waals surface area contributed by atoms with E-state index in [2.05, 4.69) is 27.7 Å². The number of carbonyl (C=O) groups excluding carboxylic acids is 1. The summed E-state index contributed by atoms with van der Waals surface area (Å²) in [6.45, 7) is 8.68. The first-order valence-electron chi connectivity index (χ1n) is 9.27. The highest BCUT2D eigenvalue weighted by molar-refractivity contribution is 5.69. The molecule has 128 valence electrons. The summed E-state index contributed by atoms with van der Waals surface area (Å²) in [6.07, 6.45) is 10.9. The molecule has 0 amide bonds. The van der Waals surface area contributed by atoms with Crippen molar-refractivity contribution in [1.82, 2.24) is 0 Å². The lowest BCUT2D eigenvalue weighted by Crippen LogP contribution is -2.62. The van der Waals surface area contributed by atoms with Crippen LogP contribution in [0.2, 0.25) is 0 Å². The number of esters is 1. The van der Waals surface area contributed by atoms with Crippen molar-refractivity contribution in [1.29, 1.82) is 0 Å². The normalized spacial score (nSPS) is 32.9. The van der Waals surface area contributed by atoms with Crippen LogP contribution in [0, 0.1) is 5.92 Å². The maximum atomic E-state index is 12.1. The van der Waals surface area contributed by atoms with Gasteiger partial charge in [-0.05, 0) is 52.4 Å². The largest absolute Gasteiger partial charge is 0.459 e. The number of unbranched alkanes of at least 4 members (excludes halogenated alkanes) is 5. The fourth-order valence-electron chi connectivity index (χ4n) is 4.12. The Bertz CT molecular complexity index is 377. The van der Waals surface area contributed by atoms with Gasteiger partial charge in [-0.25, -0.2) is 0 Å². The molecule has 3 atom stereocenters. The van der Waals surface area contributed by atoms with Crippen molar-refractivity contribution < 1.29 is 14.3 Å². The Kier molecular flexibility index (Phi) is 5.93. The number of hydrogen-bond donors (Lipinski definition) is 0. The molecule has 0 N–H and O–H groups in total. The van der Waals surface area contributed by atoms with Crippen LogP contribution in [0.1, 0.15) is 91.9 Å². The molecule has 0 aromatic heterocycles. The fraction of sp³-hybridized carbons (Fsp3) is 0.947. The second kappa shape index (κ2) is 7.33. The van der Waals surface area contributed by atoms with Gasteiger partial charge in [0.15, 0.2) is 0 Å². The summed E-state index contributed by atoms with van der Waals surface area (Å²) in [5.41, 5.74) is -0.357. The van der Waals surface area contributed by atoms with Crippen molar-refractivity contribution in [3.05, 3.63) is 0 Å². The SMILES string of the molecule is CCCCCCCCC(=O)O[C@@H]1CC2CC[C@@]1(C)OC2(C)C. The van der Waals surface area contributed by atoms with Crippen LogP contribution in [-0.4, -0.2) is 23.3 Å². The minimum absolute atomic E-state index is 0.0318. The molecule has 3 nitrogen and oxygen atoms in total. The van der Waals surface area contributed by atoms with E-state index in [9.17, 15) is 4.79 Å². The zero-order valence-corrected chi connectivity index (χ0v) is 15.0. The monoisotopic (exact) mass is 310 g/mol. The lowest BCUT2D eigenvalue weighted by atomic mass is 9.67. The van der Waals surface area contributed by atoms with E-state index >= 15 is 0 Å². The summed E-state index contributed by atoms with van der Waals surface area (Å²) in [6, 6.07) is 0. The third-order valence-electron chi connectivity index (χ3n) is 5.66. The Morgan fingerprint density at radius 3 is 2.45 bits per heavy atom. The second-order valence-electron chi connectivity index (χ2n) is 7.99. The second-order valence-corrected chi connectivity index (χ2v) is 7.99. The van der Waals surface area contributed by atoms with Crippen LogP contribution >= 0.6 is 0 Å². The van der Waals surface area contributed by atoms with Crippen LogP contribution in [0.4, 0.5) is 0 Å². The molecule has 0 aromatic carbocycles. The Morgan fingerprint density at radius 2 is 1.82 bits per heavy atom. The minimum atomic E-state index is -0.283. The average Bonchev–Trinajstić information content (AvgIpc) is 2.43. The summed E-state index contributed by atoms with van der Waals surface area (Å²) in [5, 5.41) is 0. The molecular formula is C19H34O3. The molecule has 2 aliphatic heterocycles. The van der Waals surface area contributed by atoms with Gasteiger partial charge in [0.05, 0.1) is 5.60 Å². The van der Waals surface area contributed by atoms with Gasteiger partial charge >= 0.3 is 5.97 Å². The van der Waals surface area contributed by atoms with Gasteiger partial charge in [-0.2, -0.15) is 0 Å². The zero-order valence-electron chi connectivity index (χ0n) is 15.0. The van der Waals surface area contributed by atoms with Gasteiger partial charge in [-0.1, -0.05) is 39.0 Å². The van der Waals surface area contributed by atoms with Crippen molar-refractivity contribution >= 4 is 5.97 Å². The van der Waals surface area contributed by atoms with E-state index in [4.69, 9.17) is 9.47 Å². The molecule has 2 bridgehead atoms. The molecule has 1 unspecified atom stereocenters. The van der Waals surface area contributed by atoms with Crippen molar-refractivity contribution in [2.24, 2.45) is 5.92 Å². The molecule has 1 saturated carbocycles. The third kappa shape index (κ3) is 4.24. The lowest BCUT2D eigenvalue weighted by molar-refractivity contribution is -0.278. The Balaban J connectivity index is 1.71. The third-order valence-corrected chi connectivity index (χ3v) is 5.66. The molecular weight excluding hydrogens is 276 g/mol. The predicted octanol–water partition coefficient (Wildman–Crippen LogP) is 5.02. The molecule has 3 aliphatic rings. The van der Waals surface area contributed by atoms with E-state index in [-0.39, 0.29) is 23.3 Å². The molecule has 2 heterocycles. The van der Waals surface area contributed by atoms with Crippen LogP contribution in [0.15, 0.2) is 0 Å². The Morgan fingerprint density at radius 1 is 1.14 bits per heavy atom. The fourth-order valence-corrected chi connectivity index (χ4v) is 4.12. The number of hydrogen-bond acceptors (Lipinski definition) is 3. The average molecular weight is 310 g/mol. The molecule has 2 saturated heterocycles. The Labute approximate surface area is 136 Å². The van der Waals surface area contributed by atoms with Crippen molar-refractivity contribution in [3.8, 4) is 0 Å². The lowest BCUT2D eigenvalue weighted by Gasteiger charge is -2.57. The summed E-state index contributed by atoms with van der Waals surface area (Å²) in [5.74, 6) is 0.483. The summed E-state index contributed by atoms with van der Waals surface area (Å²) >= 11 is 0. The van der Waals surface area contributed by atoms with Crippen LogP contribution < -0.4 is 0 Å². The number of rotatable bonds is 8. The van der Waals surface area contributed by atoms with E-state index in [0.29, 0.717) is 12.3 Å². The highest BCUT2D eigenvalue weighted by Crippen LogP contribution is 2.50. The molecule has 0 radical (unpaired) electrons. The summed E-state index contributed by atoms with van der Waals surface area (Å²) < 4.78 is 12.1. The molecule has 3 fully saturated rings. The molecule has 3 heteroatoms. The van der Waals surface area contributed by atoms with Crippen LogP contribution in [0.5, 0.6) is 0 Å². The van der Waals surface area contributed by atoms with Gasteiger partial charge in [0.25, 0.3) is 0 Å². The van der Waals surface area contributed by atoms with Gasteiger partial charge in [0.2, 0.25) is 0 Å². The van der Waals surface area contributed by atoms with Crippen LogP contribution in [0.25, 0.3) is 0 Å². The number of carbonyl (C=O) groups is 1. The van der Waals surface area contributed by atoms with E-state index in [1.54, 1.807) is 0 Å². The van der Waals surface area contributed by atoms with Gasteiger partial charge < -0.3 is 9.47 Å². The van der Waals surface area contributed by atoms with Crippen LogP contribution in [0.3, 0.4) is 0 Å². The van der Waals surface area contributed by atoms with Gasteiger partial charge in [-0.3, -0.25) is 4.79 Å². The molecule has 3 rings (SSSR count). The topological polar surface area (TPSA) is 35.5 Å². The molecule has 1 aliphatic carbocycles. The zero-order chi connectivity index (χ0) is 16.2. The van der Waals surface area contributed by atoms with E-state index < -0.39 is 0 Å². The standard InChI is InChI=1S/C19H34O3/c1-5-6-7-8-9-10-11-17(20)21-16-14-15-12-13-19(16,4)22-18(15,2)3/h15-16H,5-14H2,1-4H3/t15?,16-,19-/m1/s1. The van der Waals surface area contributed by atoms with E-state index in [1.807, 2.05) is 0 Å². The van der Waals surface area contributed by atoms with E-state index in [0.717, 1.165) is 25.7 Å². The first-order valence-corrected chi connectivity index (χ1v) is 9.27. The highest BCUT2D eigenvalue weighted by Gasteiger charge is 2.55. The number of fused-ring (bicyclic) bond motifs is 3. The van der Waals surface area contributed by atoms with Crippen molar-refractivity contribution in [3.63, 3.8) is 0 Å². The quantitative estimate of drug-likeness (QED) is 0.466. The molecule has 22 heavy (non-hydrogen) atoms. The van der Waals surface area contributed by atoms with Gasteiger partial charge in [0.1, 0.15) is 11.7 Å². The van der Waals surface area contributed by atoms with Crippen LogP contribution in [-0.2, 0) is 14.3 Å². The Hall–Kier alpha value is -0.570. The van der Waals surface area contributed by atoms with E-state index in [1.165, 1.54) is 32.1 Å². The predicted molar refractivity (Wildman–Crippen MR) is 88.8 cm³/mol. The first kappa shape index (κ1) is 17.8. The van der Waals surface area contributed by atoms with Gasteiger partial charge in [0, 0.05) is 6.42 Å². The highest BCUT2D eigenvalue weighted by atomic mass is 16.6. The number of ether oxygens (including phenoxy) is 2. The summed E-state index contributed by atoms with van der Waals surface area (Å²) in [7, 11) is 0. The maximum absolute atomic E-state index is 12.1. The minimum Gasteiger partial charge on any atom is -0.459 e. The smallest absolute Gasteiger partial charge is 0.306 e. The summed E-state index contributed by atoms with van der Waals surface area (Å²) in [4.78, 5) is 12.1. The molecule has 0 aromatic rings. The van der Waals surface area contributed by atoms with Crippen molar-refractivity contribution in [2.75, 3.05) is 0 Å².